The lowest BCUT2D eigenvalue weighted by molar-refractivity contribution is -0.147. The molecule has 0 aliphatic rings. The van der Waals surface area contributed by atoms with Crippen molar-refractivity contribution in [3.63, 3.8) is 0 Å². The van der Waals surface area contributed by atoms with Crippen LogP contribution in [-0.4, -0.2) is 118 Å². The zero-order valence-corrected chi connectivity index (χ0v) is 28.7. The summed E-state index contributed by atoms with van der Waals surface area (Å²) in [5, 5.41) is 40.9. The smallest absolute Gasteiger partial charge is 0.326 e. The predicted octanol–water partition coefficient (Wildman–Crippen LogP) is -2.13. The number of carbonyl (C=O) groups is 7. The second kappa shape index (κ2) is 22.2. The number of unbranched alkanes of at least 4 members (excludes halogenated alkanes) is 1. The van der Waals surface area contributed by atoms with E-state index in [9.17, 15) is 43.8 Å². The van der Waals surface area contributed by atoms with Crippen LogP contribution < -0.4 is 38.1 Å². The van der Waals surface area contributed by atoms with E-state index in [0.717, 1.165) is 0 Å². The van der Waals surface area contributed by atoms with Crippen LogP contribution in [0.3, 0.4) is 0 Å². The SMILES string of the molecule is CSCCC(NC(=O)C(NC(=O)C(N)C(C)C)C(C)C)C(=O)NC(C(=O)NC(CCCCN)C(=O)NC(CC(=O)O)C(=O)O)C(C)O. The third-order valence-corrected chi connectivity index (χ3v) is 7.79. The van der Waals surface area contributed by atoms with Crippen LogP contribution in [0.5, 0.6) is 0 Å². The van der Waals surface area contributed by atoms with E-state index in [-0.39, 0.29) is 31.2 Å². The quantitative estimate of drug-likeness (QED) is 0.0513. The zero-order chi connectivity index (χ0) is 36.4. The summed E-state index contributed by atoms with van der Waals surface area (Å²) in [4.78, 5) is 88.1. The van der Waals surface area contributed by atoms with Crippen molar-refractivity contribution < 1.29 is 48.9 Å². The predicted molar refractivity (Wildman–Crippen MR) is 175 cm³/mol. The van der Waals surface area contributed by atoms with Gasteiger partial charge in [-0.2, -0.15) is 11.8 Å². The van der Waals surface area contributed by atoms with Crippen LogP contribution >= 0.6 is 11.8 Å². The van der Waals surface area contributed by atoms with Crippen LogP contribution in [0.1, 0.15) is 66.7 Å². The number of hydrogen-bond donors (Lipinski definition) is 10. The van der Waals surface area contributed by atoms with Crippen LogP contribution in [0, 0.1) is 11.8 Å². The van der Waals surface area contributed by atoms with Crippen molar-refractivity contribution in [1.29, 1.82) is 0 Å². The van der Waals surface area contributed by atoms with Crippen molar-refractivity contribution in [3.05, 3.63) is 0 Å². The second-order valence-corrected chi connectivity index (χ2v) is 12.9. The van der Waals surface area contributed by atoms with E-state index >= 15 is 0 Å². The molecule has 0 spiro atoms. The number of hydrogen-bond acceptors (Lipinski definition) is 11. The van der Waals surface area contributed by atoms with Gasteiger partial charge in [0.25, 0.3) is 0 Å². The summed E-state index contributed by atoms with van der Waals surface area (Å²) < 4.78 is 0. The van der Waals surface area contributed by atoms with E-state index in [1.54, 1.807) is 34.0 Å². The lowest BCUT2D eigenvalue weighted by Gasteiger charge is -2.29. The van der Waals surface area contributed by atoms with E-state index in [2.05, 4.69) is 26.6 Å². The molecule has 12 N–H and O–H groups in total. The molecule has 270 valence electrons. The van der Waals surface area contributed by atoms with Gasteiger partial charge < -0.3 is 53.4 Å². The van der Waals surface area contributed by atoms with E-state index in [4.69, 9.17) is 16.6 Å². The van der Waals surface area contributed by atoms with Gasteiger partial charge in [0.05, 0.1) is 18.6 Å². The number of aliphatic hydroxyl groups excluding tert-OH is 1. The number of carbonyl (C=O) groups excluding carboxylic acids is 5. The van der Waals surface area contributed by atoms with Crippen LogP contribution in [0.2, 0.25) is 0 Å². The summed E-state index contributed by atoms with van der Waals surface area (Å²) in [6.07, 6.45) is 0.287. The van der Waals surface area contributed by atoms with Crippen molar-refractivity contribution >= 4 is 53.2 Å². The van der Waals surface area contributed by atoms with E-state index in [1.165, 1.54) is 18.7 Å². The van der Waals surface area contributed by atoms with Gasteiger partial charge in [-0.05, 0) is 63.0 Å². The lowest BCUT2D eigenvalue weighted by Crippen LogP contribution is -2.62. The number of aliphatic carboxylic acids is 2. The van der Waals surface area contributed by atoms with E-state index in [0.29, 0.717) is 18.6 Å². The Morgan fingerprint density at radius 2 is 1.15 bits per heavy atom. The molecule has 0 saturated heterocycles. The Bertz CT molecular complexity index is 1080. The number of aliphatic hydroxyl groups is 1. The number of carboxylic acid groups (broad SMARTS) is 2. The van der Waals surface area contributed by atoms with Crippen molar-refractivity contribution in [2.45, 2.75) is 109 Å². The molecule has 0 aliphatic carbocycles. The first-order chi connectivity index (χ1) is 21.9. The Morgan fingerprint density at radius 3 is 1.60 bits per heavy atom. The fraction of sp³-hybridized carbons (Fsp3) is 0.759. The van der Waals surface area contributed by atoms with Crippen LogP contribution in [0.25, 0.3) is 0 Å². The normalized spacial score (nSPS) is 15.7. The number of amides is 5. The molecule has 17 nitrogen and oxygen atoms in total. The second-order valence-electron chi connectivity index (χ2n) is 11.9. The average Bonchev–Trinajstić information content (AvgIpc) is 2.98. The molecule has 7 atom stereocenters. The van der Waals surface area contributed by atoms with Gasteiger partial charge in [-0.15, -0.1) is 0 Å². The van der Waals surface area contributed by atoms with Gasteiger partial charge in [0.2, 0.25) is 29.5 Å². The first-order valence-corrected chi connectivity index (χ1v) is 16.9. The molecule has 0 aromatic carbocycles. The minimum absolute atomic E-state index is 0.0101. The first kappa shape index (κ1) is 43.5. The molecule has 0 saturated carbocycles. The Hall–Kier alpha value is -3.48. The maximum atomic E-state index is 13.4. The molecule has 5 amide bonds. The molecule has 0 heterocycles. The van der Waals surface area contributed by atoms with Crippen molar-refractivity contribution in [1.82, 2.24) is 26.6 Å². The maximum absolute atomic E-state index is 13.4. The highest BCUT2D eigenvalue weighted by Gasteiger charge is 2.35. The largest absolute Gasteiger partial charge is 0.481 e. The minimum Gasteiger partial charge on any atom is -0.481 e. The molecule has 0 bridgehead atoms. The molecule has 7 unspecified atom stereocenters. The summed E-state index contributed by atoms with van der Waals surface area (Å²) in [5.41, 5.74) is 11.4. The Labute approximate surface area is 279 Å². The zero-order valence-electron chi connectivity index (χ0n) is 27.9. The van der Waals surface area contributed by atoms with Gasteiger partial charge in [0.15, 0.2) is 0 Å². The molecule has 0 aliphatic heterocycles. The molecular weight excluding hydrogens is 638 g/mol. The van der Waals surface area contributed by atoms with Crippen molar-refractivity contribution in [2.24, 2.45) is 23.3 Å². The summed E-state index contributed by atoms with van der Waals surface area (Å²) in [5.74, 6) is -7.20. The summed E-state index contributed by atoms with van der Waals surface area (Å²) in [7, 11) is 0. The highest BCUT2D eigenvalue weighted by Crippen LogP contribution is 2.09. The molecule has 0 radical (unpaired) electrons. The molecule has 0 rings (SSSR count). The van der Waals surface area contributed by atoms with E-state index < -0.39 is 90.3 Å². The highest BCUT2D eigenvalue weighted by atomic mass is 32.2. The summed E-state index contributed by atoms with van der Waals surface area (Å²) in [6.45, 7) is 8.41. The average molecular weight is 692 g/mol. The lowest BCUT2D eigenvalue weighted by atomic mass is 9.99. The fourth-order valence-corrected chi connectivity index (χ4v) is 4.65. The molecule has 47 heavy (non-hydrogen) atoms. The highest BCUT2D eigenvalue weighted by molar-refractivity contribution is 7.98. The van der Waals surface area contributed by atoms with E-state index in [1.807, 2.05) is 0 Å². The minimum atomic E-state index is -1.78. The monoisotopic (exact) mass is 691 g/mol. The van der Waals surface area contributed by atoms with Crippen LogP contribution in [-0.2, 0) is 33.6 Å². The third kappa shape index (κ3) is 16.3. The van der Waals surface area contributed by atoms with Gasteiger partial charge in [-0.3, -0.25) is 28.8 Å². The van der Waals surface area contributed by atoms with Gasteiger partial charge in [0, 0.05) is 0 Å². The van der Waals surface area contributed by atoms with Crippen LogP contribution in [0.15, 0.2) is 0 Å². The molecular formula is C29H53N7O10S. The van der Waals surface area contributed by atoms with Gasteiger partial charge in [-0.1, -0.05) is 27.7 Å². The standard InChI is InChI=1S/C29H53N7O10S/c1-14(2)21(31)26(42)35-22(15(3)4)27(43)33-18(10-12-47-6)25(41)36-23(16(5)37)28(44)32-17(9-7-8-11-30)24(40)34-19(29(45)46)13-20(38)39/h14-19,21-23,37H,7-13,30-31H2,1-6H3,(H,32,44)(H,33,43)(H,34,40)(H,35,42)(H,36,41)(H,38,39)(H,45,46). The fourth-order valence-electron chi connectivity index (χ4n) is 4.18. The van der Waals surface area contributed by atoms with Gasteiger partial charge >= 0.3 is 11.9 Å². The number of rotatable bonds is 23. The number of nitrogens with two attached hydrogens (primary N) is 2. The third-order valence-electron chi connectivity index (χ3n) is 7.15. The molecule has 18 heteroatoms. The first-order valence-electron chi connectivity index (χ1n) is 15.5. The Morgan fingerprint density at radius 1 is 0.660 bits per heavy atom. The summed E-state index contributed by atoms with van der Waals surface area (Å²) >= 11 is 1.39. The van der Waals surface area contributed by atoms with Crippen molar-refractivity contribution in [2.75, 3.05) is 18.6 Å². The number of carboxylic acids is 2. The molecule has 0 aromatic rings. The topological polar surface area (TPSA) is 292 Å². The van der Waals surface area contributed by atoms with Gasteiger partial charge in [0.1, 0.15) is 30.2 Å². The van der Waals surface area contributed by atoms with Gasteiger partial charge in [-0.25, -0.2) is 4.79 Å². The Balaban J connectivity index is 6.00. The Kier molecular flexibility index (Phi) is 20.5. The van der Waals surface area contributed by atoms with Crippen LogP contribution in [0.4, 0.5) is 0 Å². The van der Waals surface area contributed by atoms with Crippen molar-refractivity contribution in [3.8, 4) is 0 Å². The number of nitrogens with one attached hydrogen (secondary N) is 5. The number of thioether (sulfide) groups is 1. The summed E-state index contributed by atoms with van der Waals surface area (Å²) in [6, 6.07) is -7.82. The molecule has 0 fully saturated rings. The molecule has 0 aromatic heterocycles. The maximum Gasteiger partial charge on any atom is 0.326 e.